The van der Waals surface area contributed by atoms with Crippen molar-refractivity contribution in [2.24, 2.45) is 0 Å². The van der Waals surface area contributed by atoms with Crippen molar-refractivity contribution in [1.82, 2.24) is 0 Å². The predicted molar refractivity (Wildman–Crippen MR) is 62.7 cm³/mol. The Labute approximate surface area is 103 Å². The number of carbonyl (C=O) groups is 1. The van der Waals surface area contributed by atoms with Crippen LogP contribution >= 0.6 is 0 Å². The number of carboxylic acid groups (broad SMARTS) is 1. The van der Waals surface area contributed by atoms with Gasteiger partial charge in [0.05, 0.1) is 6.26 Å². The van der Waals surface area contributed by atoms with Crippen LogP contribution in [0.4, 0.5) is 0 Å². The minimum Gasteiger partial charge on any atom is -0.508 e. The van der Waals surface area contributed by atoms with Crippen LogP contribution < -0.4 is 4.74 Å². The molecule has 1 atom stereocenters. The zero-order valence-corrected chi connectivity index (χ0v) is 9.45. The number of aliphatic carboxylic acids is 1. The third-order valence-electron chi connectivity index (χ3n) is 2.42. The number of hydrogen-bond donors (Lipinski definition) is 2. The maximum atomic E-state index is 11.1. The molecule has 0 radical (unpaired) electrons. The van der Waals surface area contributed by atoms with E-state index in [0.29, 0.717) is 11.5 Å². The lowest BCUT2D eigenvalue weighted by atomic mass is 10.1. The fraction of sp³-hybridized carbons (Fsp3) is 0.154. The minimum atomic E-state index is -1.02. The maximum Gasteiger partial charge on any atom is 0.317 e. The Hall–Kier alpha value is -2.43. The van der Waals surface area contributed by atoms with Gasteiger partial charge in [0, 0.05) is 6.07 Å². The van der Waals surface area contributed by atoms with Crippen molar-refractivity contribution in [2.75, 3.05) is 6.61 Å². The summed E-state index contributed by atoms with van der Waals surface area (Å²) in [4.78, 5) is 11.1. The summed E-state index contributed by atoms with van der Waals surface area (Å²) in [5, 5.41) is 18.3. The van der Waals surface area contributed by atoms with E-state index in [1.54, 1.807) is 24.3 Å². The highest BCUT2D eigenvalue weighted by molar-refractivity contribution is 5.75. The largest absolute Gasteiger partial charge is 0.508 e. The Morgan fingerprint density at radius 2 is 2.17 bits per heavy atom. The summed E-state index contributed by atoms with van der Waals surface area (Å²) in [6.45, 7) is -0.0632. The van der Waals surface area contributed by atoms with Gasteiger partial charge in [0.2, 0.25) is 0 Å². The quantitative estimate of drug-likeness (QED) is 0.848. The molecule has 5 heteroatoms. The van der Waals surface area contributed by atoms with E-state index in [2.05, 4.69) is 0 Å². The van der Waals surface area contributed by atoms with Crippen molar-refractivity contribution in [3.63, 3.8) is 0 Å². The van der Waals surface area contributed by atoms with Gasteiger partial charge in [0.1, 0.15) is 29.8 Å². The molecular formula is C13H12O5. The van der Waals surface area contributed by atoms with Crippen molar-refractivity contribution >= 4 is 5.97 Å². The van der Waals surface area contributed by atoms with Crippen molar-refractivity contribution in [2.45, 2.75) is 5.92 Å². The van der Waals surface area contributed by atoms with Crippen LogP contribution in [0, 0.1) is 0 Å². The fourth-order valence-corrected chi connectivity index (χ4v) is 1.52. The molecule has 1 heterocycles. The molecular weight excluding hydrogens is 236 g/mol. The van der Waals surface area contributed by atoms with Gasteiger partial charge in [-0.15, -0.1) is 0 Å². The third-order valence-corrected chi connectivity index (χ3v) is 2.42. The van der Waals surface area contributed by atoms with Gasteiger partial charge in [-0.2, -0.15) is 0 Å². The number of phenols is 1. The molecule has 5 nitrogen and oxygen atoms in total. The monoisotopic (exact) mass is 248 g/mol. The number of hydrogen-bond acceptors (Lipinski definition) is 4. The predicted octanol–water partition coefficient (Wildman–Crippen LogP) is 2.23. The fourth-order valence-electron chi connectivity index (χ4n) is 1.52. The van der Waals surface area contributed by atoms with Crippen LogP contribution in [0.1, 0.15) is 11.7 Å². The summed E-state index contributed by atoms with van der Waals surface area (Å²) in [6, 6.07) is 9.40. The number of ether oxygens (including phenoxy) is 1. The smallest absolute Gasteiger partial charge is 0.317 e. The van der Waals surface area contributed by atoms with Gasteiger partial charge in [-0.3, -0.25) is 4.79 Å². The number of furan rings is 1. The van der Waals surface area contributed by atoms with Gasteiger partial charge in [-0.25, -0.2) is 0 Å². The Kier molecular flexibility index (Phi) is 3.52. The SMILES string of the molecule is O=C(O)C(COc1cccc(O)c1)c1ccco1. The zero-order valence-electron chi connectivity index (χ0n) is 9.45. The highest BCUT2D eigenvalue weighted by atomic mass is 16.5. The van der Waals surface area contributed by atoms with Crippen LogP contribution in [0.5, 0.6) is 11.5 Å². The summed E-state index contributed by atoms with van der Waals surface area (Å²) in [6.07, 6.45) is 1.42. The van der Waals surface area contributed by atoms with Crippen LogP contribution in [0.3, 0.4) is 0 Å². The number of benzene rings is 1. The number of aromatic hydroxyl groups is 1. The molecule has 94 valence electrons. The molecule has 18 heavy (non-hydrogen) atoms. The Morgan fingerprint density at radius 3 is 2.78 bits per heavy atom. The van der Waals surface area contributed by atoms with Gasteiger partial charge in [-0.05, 0) is 24.3 Å². The first-order chi connectivity index (χ1) is 8.66. The molecule has 1 aromatic carbocycles. The van der Waals surface area contributed by atoms with Gasteiger partial charge in [0.15, 0.2) is 0 Å². The topological polar surface area (TPSA) is 79.9 Å². The van der Waals surface area contributed by atoms with Crippen LogP contribution in [0.2, 0.25) is 0 Å². The van der Waals surface area contributed by atoms with E-state index in [1.165, 1.54) is 18.4 Å². The van der Waals surface area contributed by atoms with E-state index in [-0.39, 0.29) is 12.4 Å². The molecule has 0 amide bonds. The average Bonchev–Trinajstić information content (AvgIpc) is 2.82. The lowest BCUT2D eigenvalue weighted by molar-refractivity contribution is -0.140. The molecule has 0 aliphatic carbocycles. The highest BCUT2D eigenvalue weighted by Crippen LogP contribution is 2.21. The van der Waals surface area contributed by atoms with Crippen LogP contribution in [-0.4, -0.2) is 22.8 Å². The Bertz CT molecular complexity index is 518. The van der Waals surface area contributed by atoms with E-state index in [0.717, 1.165) is 0 Å². The van der Waals surface area contributed by atoms with E-state index in [9.17, 15) is 9.90 Å². The molecule has 2 rings (SSSR count). The molecule has 0 aliphatic rings. The molecule has 1 aromatic heterocycles. The Balaban J connectivity index is 2.05. The van der Waals surface area contributed by atoms with Gasteiger partial charge in [-0.1, -0.05) is 6.07 Å². The summed E-state index contributed by atoms with van der Waals surface area (Å²) in [5.74, 6) is -1.08. The first-order valence-corrected chi connectivity index (χ1v) is 5.35. The maximum absolute atomic E-state index is 11.1. The summed E-state index contributed by atoms with van der Waals surface area (Å²) in [7, 11) is 0. The normalized spacial score (nSPS) is 12.0. The van der Waals surface area contributed by atoms with Crippen molar-refractivity contribution in [3.8, 4) is 11.5 Å². The first kappa shape index (κ1) is 12.0. The van der Waals surface area contributed by atoms with E-state index < -0.39 is 11.9 Å². The summed E-state index contributed by atoms with van der Waals surface area (Å²) >= 11 is 0. The molecule has 0 spiro atoms. The number of phenolic OH excluding ortho intramolecular Hbond substituents is 1. The average molecular weight is 248 g/mol. The van der Waals surface area contributed by atoms with Gasteiger partial charge < -0.3 is 19.4 Å². The second-order valence-corrected chi connectivity index (χ2v) is 3.71. The Morgan fingerprint density at radius 1 is 1.33 bits per heavy atom. The molecule has 0 saturated carbocycles. The van der Waals surface area contributed by atoms with E-state index in [4.69, 9.17) is 14.3 Å². The lowest BCUT2D eigenvalue weighted by Crippen LogP contribution is -2.18. The molecule has 0 saturated heterocycles. The van der Waals surface area contributed by atoms with Gasteiger partial charge in [0.25, 0.3) is 0 Å². The van der Waals surface area contributed by atoms with Crippen molar-refractivity contribution < 1.29 is 24.2 Å². The van der Waals surface area contributed by atoms with E-state index >= 15 is 0 Å². The van der Waals surface area contributed by atoms with Crippen LogP contribution in [0.25, 0.3) is 0 Å². The molecule has 1 unspecified atom stereocenters. The number of rotatable bonds is 5. The van der Waals surface area contributed by atoms with Crippen LogP contribution in [-0.2, 0) is 4.79 Å². The first-order valence-electron chi connectivity index (χ1n) is 5.35. The molecule has 0 bridgehead atoms. The highest BCUT2D eigenvalue weighted by Gasteiger charge is 2.23. The van der Waals surface area contributed by atoms with Crippen LogP contribution in [0.15, 0.2) is 47.1 Å². The number of carboxylic acids is 1. The molecule has 0 aliphatic heterocycles. The second kappa shape index (κ2) is 5.27. The zero-order chi connectivity index (χ0) is 13.0. The lowest BCUT2D eigenvalue weighted by Gasteiger charge is -2.11. The molecule has 2 N–H and O–H groups in total. The summed E-state index contributed by atoms with van der Waals surface area (Å²) in [5.41, 5.74) is 0. The summed E-state index contributed by atoms with van der Waals surface area (Å²) < 4.78 is 10.4. The molecule has 2 aromatic rings. The van der Waals surface area contributed by atoms with Crippen molar-refractivity contribution in [1.29, 1.82) is 0 Å². The molecule has 0 fully saturated rings. The van der Waals surface area contributed by atoms with Gasteiger partial charge >= 0.3 is 5.97 Å². The second-order valence-electron chi connectivity index (χ2n) is 3.71. The third kappa shape index (κ3) is 2.82. The minimum absolute atomic E-state index is 0.0632. The van der Waals surface area contributed by atoms with E-state index in [1.807, 2.05) is 0 Å². The standard InChI is InChI=1S/C13H12O5/c14-9-3-1-4-10(7-9)18-8-11(13(15)16)12-5-2-6-17-12/h1-7,11,14H,8H2,(H,15,16). The van der Waals surface area contributed by atoms with Crippen molar-refractivity contribution in [3.05, 3.63) is 48.4 Å².